The van der Waals surface area contributed by atoms with Crippen LogP contribution < -0.4 is 11.1 Å². The van der Waals surface area contributed by atoms with Crippen LogP contribution in [0.2, 0.25) is 0 Å². The van der Waals surface area contributed by atoms with E-state index < -0.39 is 0 Å². The molecule has 0 saturated carbocycles. The Hall–Kier alpha value is -1.39. The van der Waals surface area contributed by atoms with Gasteiger partial charge in [-0.25, -0.2) is 0 Å². The molecule has 0 bridgehead atoms. The molecule has 108 valence electrons. The number of nitrogens with zero attached hydrogens (tertiary/aromatic N) is 1. The third-order valence-electron chi connectivity index (χ3n) is 4.54. The van der Waals surface area contributed by atoms with Gasteiger partial charge in [-0.3, -0.25) is 4.79 Å². The van der Waals surface area contributed by atoms with E-state index in [1.165, 1.54) is 17.5 Å². The van der Waals surface area contributed by atoms with E-state index in [0.29, 0.717) is 6.04 Å². The van der Waals surface area contributed by atoms with Crippen molar-refractivity contribution in [3.8, 4) is 0 Å². The summed E-state index contributed by atoms with van der Waals surface area (Å²) in [4.78, 5) is 14.2. The summed E-state index contributed by atoms with van der Waals surface area (Å²) in [6, 6.07) is 9.23. The van der Waals surface area contributed by atoms with Crippen LogP contribution in [0.15, 0.2) is 24.3 Å². The molecule has 0 spiro atoms. The van der Waals surface area contributed by atoms with Crippen LogP contribution in [-0.4, -0.2) is 42.5 Å². The summed E-state index contributed by atoms with van der Waals surface area (Å²) in [5, 5.41) is 3.48. The van der Waals surface area contributed by atoms with Crippen molar-refractivity contribution in [1.29, 1.82) is 0 Å². The first kappa shape index (κ1) is 13.6. The highest BCUT2D eigenvalue weighted by Gasteiger charge is 2.31. The maximum atomic E-state index is 12.2. The zero-order valence-corrected chi connectivity index (χ0v) is 11.8. The van der Waals surface area contributed by atoms with E-state index in [1.807, 2.05) is 4.90 Å². The van der Waals surface area contributed by atoms with Gasteiger partial charge in [0.1, 0.15) is 0 Å². The van der Waals surface area contributed by atoms with Crippen molar-refractivity contribution >= 4 is 5.91 Å². The SMILES string of the molecule is NCC(=O)N(C[C@@H]1CCCN1)C1Cc2ccccc2C1. The van der Waals surface area contributed by atoms with Crippen molar-refractivity contribution in [3.05, 3.63) is 35.4 Å². The van der Waals surface area contributed by atoms with E-state index in [2.05, 4.69) is 29.6 Å². The van der Waals surface area contributed by atoms with Gasteiger partial charge < -0.3 is 16.0 Å². The van der Waals surface area contributed by atoms with E-state index >= 15 is 0 Å². The summed E-state index contributed by atoms with van der Waals surface area (Å²) in [5.41, 5.74) is 8.37. The highest BCUT2D eigenvalue weighted by atomic mass is 16.2. The average molecular weight is 273 g/mol. The molecule has 4 nitrogen and oxygen atoms in total. The molecule has 0 radical (unpaired) electrons. The number of carbonyl (C=O) groups is 1. The number of nitrogens with two attached hydrogens (primary N) is 1. The fourth-order valence-electron chi connectivity index (χ4n) is 3.48. The second-order valence-electron chi connectivity index (χ2n) is 5.87. The van der Waals surface area contributed by atoms with Gasteiger partial charge in [0.15, 0.2) is 0 Å². The Labute approximate surface area is 120 Å². The molecule has 4 heteroatoms. The van der Waals surface area contributed by atoms with Crippen LogP contribution in [0.4, 0.5) is 0 Å². The first-order chi connectivity index (χ1) is 9.78. The van der Waals surface area contributed by atoms with Crippen molar-refractivity contribution in [3.63, 3.8) is 0 Å². The summed E-state index contributed by atoms with van der Waals surface area (Å²) < 4.78 is 0. The minimum absolute atomic E-state index is 0.0801. The van der Waals surface area contributed by atoms with Crippen LogP contribution in [0.1, 0.15) is 24.0 Å². The Bertz CT molecular complexity index is 457. The maximum absolute atomic E-state index is 12.2. The van der Waals surface area contributed by atoms with Gasteiger partial charge >= 0.3 is 0 Å². The number of rotatable bonds is 4. The third-order valence-corrected chi connectivity index (χ3v) is 4.54. The van der Waals surface area contributed by atoms with Crippen molar-refractivity contribution in [2.75, 3.05) is 19.6 Å². The summed E-state index contributed by atoms with van der Waals surface area (Å²) in [6.07, 6.45) is 4.30. The summed E-state index contributed by atoms with van der Waals surface area (Å²) in [7, 11) is 0. The highest BCUT2D eigenvalue weighted by Crippen LogP contribution is 2.26. The molecule has 2 aliphatic rings. The van der Waals surface area contributed by atoms with Gasteiger partial charge in [-0.05, 0) is 43.4 Å². The monoisotopic (exact) mass is 273 g/mol. The molecule has 20 heavy (non-hydrogen) atoms. The van der Waals surface area contributed by atoms with Gasteiger partial charge in [-0.15, -0.1) is 0 Å². The number of carbonyl (C=O) groups excluding carboxylic acids is 1. The largest absolute Gasteiger partial charge is 0.336 e. The Kier molecular flexibility index (Phi) is 4.03. The van der Waals surface area contributed by atoms with Crippen LogP contribution in [0.25, 0.3) is 0 Å². The first-order valence-electron chi connectivity index (χ1n) is 7.57. The van der Waals surface area contributed by atoms with Gasteiger partial charge in [-0.2, -0.15) is 0 Å². The Balaban J connectivity index is 1.72. The maximum Gasteiger partial charge on any atom is 0.236 e. The lowest BCUT2D eigenvalue weighted by Gasteiger charge is -2.31. The standard InChI is InChI=1S/C16H23N3O/c17-10-16(20)19(11-14-6-3-7-18-14)15-8-12-4-1-2-5-13(12)9-15/h1-2,4-5,14-15,18H,3,6-11,17H2/t14-/m0/s1. The number of benzene rings is 1. The van der Waals surface area contributed by atoms with Crippen LogP contribution in [0, 0.1) is 0 Å². The average Bonchev–Trinajstić information content (AvgIpc) is 3.12. The fraction of sp³-hybridized carbons (Fsp3) is 0.562. The fourth-order valence-corrected chi connectivity index (χ4v) is 3.48. The van der Waals surface area contributed by atoms with Crippen molar-refractivity contribution in [2.24, 2.45) is 5.73 Å². The molecule has 1 fully saturated rings. The summed E-state index contributed by atoms with van der Waals surface area (Å²) >= 11 is 0. The van der Waals surface area contributed by atoms with Crippen LogP contribution in [-0.2, 0) is 17.6 Å². The molecule has 0 aromatic heterocycles. The molecule has 1 atom stereocenters. The molecule has 3 rings (SSSR count). The van der Waals surface area contributed by atoms with E-state index in [4.69, 9.17) is 5.73 Å². The van der Waals surface area contributed by atoms with E-state index in [1.54, 1.807) is 0 Å². The van der Waals surface area contributed by atoms with Crippen LogP contribution >= 0.6 is 0 Å². The second kappa shape index (κ2) is 5.94. The molecule has 3 N–H and O–H groups in total. The molecule has 1 amide bonds. The number of fused-ring (bicyclic) bond motifs is 1. The molecule has 1 aromatic rings. The van der Waals surface area contributed by atoms with Crippen LogP contribution in [0.5, 0.6) is 0 Å². The molecule has 1 saturated heterocycles. The lowest BCUT2D eigenvalue weighted by atomic mass is 10.1. The molecule has 1 aliphatic carbocycles. The van der Waals surface area contributed by atoms with Crippen molar-refractivity contribution in [2.45, 2.75) is 37.8 Å². The Morgan fingerprint density at radius 3 is 2.55 bits per heavy atom. The van der Waals surface area contributed by atoms with Crippen molar-refractivity contribution < 1.29 is 4.79 Å². The zero-order chi connectivity index (χ0) is 13.9. The molecule has 1 aliphatic heterocycles. The molecule has 1 heterocycles. The van der Waals surface area contributed by atoms with E-state index in [-0.39, 0.29) is 18.5 Å². The van der Waals surface area contributed by atoms with Gasteiger partial charge in [0, 0.05) is 18.6 Å². The number of amides is 1. The second-order valence-corrected chi connectivity index (χ2v) is 5.87. The first-order valence-corrected chi connectivity index (χ1v) is 7.57. The smallest absolute Gasteiger partial charge is 0.236 e. The number of hydrogen-bond donors (Lipinski definition) is 2. The molecule has 1 aromatic carbocycles. The van der Waals surface area contributed by atoms with Gasteiger partial charge in [0.2, 0.25) is 5.91 Å². The Morgan fingerprint density at radius 1 is 1.30 bits per heavy atom. The van der Waals surface area contributed by atoms with Gasteiger partial charge in [0.25, 0.3) is 0 Å². The minimum Gasteiger partial charge on any atom is -0.336 e. The van der Waals surface area contributed by atoms with E-state index in [0.717, 1.165) is 32.4 Å². The summed E-state index contributed by atoms with van der Waals surface area (Å²) in [5.74, 6) is 0.0801. The topological polar surface area (TPSA) is 58.4 Å². The molecular weight excluding hydrogens is 250 g/mol. The predicted molar refractivity (Wildman–Crippen MR) is 79.4 cm³/mol. The third kappa shape index (κ3) is 2.72. The van der Waals surface area contributed by atoms with Crippen molar-refractivity contribution in [1.82, 2.24) is 10.2 Å². The molecular formula is C16H23N3O. The highest BCUT2D eigenvalue weighted by molar-refractivity contribution is 5.78. The molecule has 0 unspecified atom stereocenters. The van der Waals surface area contributed by atoms with Crippen LogP contribution in [0.3, 0.4) is 0 Å². The quantitative estimate of drug-likeness (QED) is 0.849. The van der Waals surface area contributed by atoms with Gasteiger partial charge in [-0.1, -0.05) is 24.3 Å². The summed E-state index contributed by atoms with van der Waals surface area (Å²) in [6.45, 7) is 1.98. The lowest BCUT2D eigenvalue weighted by Crippen LogP contribution is -2.49. The minimum atomic E-state index is 0.0801. The predicted octanol–water partition coefficient (Wildman–Crippen LogP) is 0.693. The number of nitrogens with one attached hydrogen (secondary N) is 1. The zero-order valence-electron chi connectivity index (χ0n) is 11.8. The Morgan fingerprint density at radius 2 is 2.00 bits per heavy atom. The lowest BCUT2D eigenvalue weighted by molar-refractivity contribution is -0.132. The number of hydrogen-bond acceptors (Lipinski definition) is 3. The van der Waals surface area contributed by atoms with E-state index in [9.17, 15) is 4.79 Å². The van der Waals surface area contributed by atoms with Gasteiger partial charge in [0.05, 0.1) is 6.54 Å². The normalized spacial score (nSPS) is 21.9.